The van der Waals surface area contributed by atoms with E-state index in [1.807, 2.05) is 20.8 Å². The van der Waals surface area contributed by atoms with E-state index < -0.39 is 24.1 Å². The molecule has 3 atom stereocenters. The highest BCUT2D eigenvalue weighted by molar-refractivity contribution is 5.83. The topological polar surface area (TPSA) is 89.9 Å². The predicted molar refractivity (Wildman–Crippen MR) is 66.2 cm³/mol. The van der Waals surface area contributed by atoms with Crippen LogP contribution in [0.1, 0.15) is 33.6 Å². The Hall–Kier alpha value is -1.30. The van der Waals surface area contributed by atoms with Gasteiger partial charge in [0.1, 0.15) is 6.04 Å². The van der Waals surface area contributed by atoms with Gasteiger partial charge in [-0.25, -0.2) is 9.59 Å². The number of rotatable bonds is 4. The molecular formula is C12H22N2O4. The molecule has 1 saturated heterocycles. The molecule has 6 heteroatoms. The van der Waals surface area contributed by atoms with Crippen LogP contribution in [0, 0.1) is 5.92 Å². The second-order valence-electron chi connectivity index (χ2n) is 5.10. The molecule has 1 aliphatic rings. The fraction of sp³-hybridized carbons (Fsp3) is 0.833. The number of carboxylic acid groups (broad SMARTS) is 1. The maximum Gasteiger partial charge on any atom is 0.326 e. The number of aliphatic hydroxyl groups is 1. The van der Waals surface area contributed by atoms with Crippen LogP contribution >= 0.6 is 0 Å². The van der Waals surface area contributed by atoms with Crippen molar-refractivity contribution < 1.29 is 19.8 Å². The molecule has 3 N–H and O–H groups in total. The van der Waals surface area contributed by atoms with Gasteiger partial charge < -0.3 is 20.4 Å². The van der Waals surface area contributed by atoms with Crippen LogP contribution in [0.4, 0.5) is 4.79 Å². The number of hydrogen-bond acceptors (Lipinski definition) is 3. The molecule has 0 aromatic rings. The number of carbonyl (C=O) groups excluding carboxylic acids is 1. The average molecular weight is 258 g/mol. The number of amides is 2. The lowest BCUT2D eigenvalue weighted by molar-refractivity contribution is -0.141. The number of urea groups is 1. The number of hydrogen-bond donors (Lipinski definition) is 3. The Kier molecular flexibility index (Phi) is 4.95. The number of nitrogens with zero attached hydrogens (tertiary/aromatic N) is 1. The van der Waals surface area contributed by atoms with E-state index in [0.29, 0.717) is 0 Å². The molecule has 1 fully saturated rings. The zero-order valence-electron chi connectivity index (χ0n) is 11.1. The third kappa shape index (κ3) is 3.35. The second-order valence-corrected chi connectivity index (χ2v) is 5.10. The first-order valence-corrected chi connectivity index (χ1v) is 6.34. The molecule has 0 spiro atoms. The molecule has 0 aromatic carbocycles. The van der Waals surface area contributed by atoms with Crippen LogP contribution in [0.25, 0.3) is 0 Å². The van der Waals surface area contributed by atoms with Crippen molar-refractivity contribution in [2.24, 2.45) is 5.92 Å². The smallest absolute Gasteiger partial charge is 0.326 e. The molecule has 0 aliphatic carbocycles. The normalized spacial score (nSPS) is 25.3. The Labute approximate surface area is 107 Å². The fourth-order valence-electron chi connectivity index (χ4n) is 2.25. The fourth-order valence-corrected chi connectivity index (χ4v) is 2.25. The van der Waals surface area contributed by atoms with Gasteiger partial charge in [0, 0.05) is 19.0 Å². The summed E-state index contributed by atoms with van der Waals surface area (Å²) < 4.78 is 0. The molecule has 104 valence electrons. The number of nitrogens with one attached hydrogen (secondary N) is 1. The Morgan fingerprint density at radius 1 is 1.44 bits per heavy atom. The standard InChI is InChI=1S/C12H22N2O4/c1-4-9(7(2)3)13-12(18)14-6-8(15)5-10(14)11(16)17/h7-10,15H,4-6H2,1-3H3,(H,13,18)(H,16,17)/t8-,9?,10-/m1/s1. The van der Waals surface area contributed by atoms with E-state index in [9.17, 15) is 14.7 Å². The van der Waals surface area contributed by atoms with E-state index in [1.165, 1.54) is 4.90 Å². The Bertz CT molecular complexity index is 319. The summed E-state index contributed by atoms with van der Waals surface area (Å²) in [6.45, 7) is 6.06. The first-order chi connectivity index (χ1) is 8.36. The van der Waals surface area contributed by atoms with E-state index in [-0.39, 0.29) is 24.9 Å². The van der Waals surface area contributed by atoms with Crippen LogP contribution < -0.4 is 5.32 Å². The minimum atomic E-state index is -1.07. The van der Waals surface area contributed by atoms with Gasteiger partial charge in [-0.15, -0.1) is 0 Å². The summed E-state index contributed by atoms with van der Waals surface area (Å²) in [6, 6.07) is -1.31. The Balaban J connectivity index is 2.68. The van der Waals surface area contributed by atoms with Gasteiger partial charge in [-0.2, -0.15) is 0 Å². The number of aliphatic carboxylic acids is 1. The lowest BCUT2D eigenvalue weighted by Crippen LogP contribution is -2.50. The minimum Gasteiger partial charge on any atom is -0.480 e. The monoisotopic (exact) mass is 258 g/mol. The SMILES string of the molecule is CCC(NC(=O)N1C[C@H](O)C[C@@H]1C(=O)O)C(C)C. The van der Waals surface area contributed by atoms with Gasteiger partial charge in [-0.05, 0) is 12.3 Å². The van der Waals surface area contributed by atoms with E-state index >= 15 is 0 Å². The summed E-state index contributed by atoms with van der Waals surface area (Å²) >= 11 is 0. The molecular weight excluding hydrogens is 236 g/mol. The summed E-state index contributed by atoms with van der Waals surface area (Å²) in [5.74, 6) is -0.783. The van der Waals surface area contributed by atoms with Crippen molar-refractivity contribution in [3.63, 3.8) is 0 Å². The van der Waals surface area contributed by atoms with Gasteiger partial charge in [-0.1, -0.05) is 20.8 Å². The molecule has 0 radical (unpaired) electrons. The van der Waals surface area contributed by atoms with Crippen LogP contribution in [0.3, 0.4) is 0 Å². The van der Waals surface area contributed by atoms with E-state index in [1.54, 1.807) is 0 Å². The zero-order chi connectivity index (χ0) is 13.9. The first-order valence-electron chi connectivity index (χ1n) is 6.34. The highest BCUT2D eigenvalue weighted by Crippen LogP contribution is 2.19. The average Bonchev–Trinajstić information content (AvgIpc) is 2.67. The molecule has 0 bridgehead atoms. The van der Waals surface area contributed by atoms with Crippen molar-refractivity contribution in [3.8, 4) is 0 Å². The molecule has 6 nitrogen and oxygen atoms in total. The molecule has 0 saturated carbocycles. The highest BCUT2D eigenvalue weighted by Gasteiger charge is 2.39. The lowest BCUT2D eigenvalue weighted by Gasteiger charge is -2.27. The minimum absolute atomic E-state index is 0.0182. The van der Waals surface area contributed by atoms with Crippen molar-refractivity contribution in [3.05, 3.63) is 0 Å². The van der Waals surface area contributed by atoms with Crippen molar-refractivity contribution in [2.75, 3.05) is 6.54 Å². The van der Waals surface area contributed by atoms with Gasteiger partial charge in [0.15, 0.2) is 0 Å². The highest BCUT2D eigenvalue weighted by atomic mass is 16.4. The van der Waals surface area contributed by atoms with E-state index in [0.717, 1.165) is 6.42 Å². The number of carbonyl (C=O) groups is 2. The number of likely N-dealkylation sites (tertiary alicyclic amines) is 1. The third-order valence-corrected chi connectivity index (χ3v) is 3.38. The summed E-state index contributed by atoms with van der Waals surface area (Å²) in [4.78, 5) is 24.2. The molecule has 0 aromatic heterocycles. The van der Waals surface area contributed by atoms with Gasteiger partial charge in [-0.3, -0.25) is 0 Å². The quantitative estimate of drug-likeness (QED) is 0.690. The van der Waals surface area contributed by atoms with Crippen molar-refractivity contribution in [2.45, 2.75) is 51.8 Å². The Morgan fingerprint density at radius 3 is 2.50 bits per heavy atom. The van der Waals surface area contributed by atoms with Gasteiger partial charge in [0.25, 0.3) is 0 Å². The number of aliphatic hydroxyl groups excluding tert-OH is 1. The molecule has 1 rings (SSSR count). The van der Waals surface area contributed by atoms with Crippen LogP contribution in [0.5, 0.6) is 0 Å². The van der Waals surface area contributed by atoms with Crippen molar-refractivity contribution in [1.82, 2.24) is 10.2 Å². The number of β-amino-alcohol motifs (C(OH)–C–C–N with tert-alkyl or cyclic N) is 1. The third-order valence-electron chi connectivity index (χ3n) is 3.38. The molecule has 18 heavy (non-hydrogen) atoms. The number of carboxylic acids is 1. The second kappa shape index (κ2) is 6.04. The maximum atomic E-state index is 12.0. The van der Waals surface area contributed by atoms with Gasteiger partial charge in [0.05, 0.1) is 6.10 Å². The zero-order valence-corrected chi connectivity index (χ0v) is 11.1. The van der Waals surface area contributed by atoms with Gasteiger partial charge >= 0.3 is 12.0 Å². The van der Waals surface area contributed by atoms with Crippen LogP contribution in [0.2, 0.25) is 0 Å². The molecule has 1 unspecified atom stereocenters. The van der Waals surface area contributed by atoms with Crippen LogP contribution in [-0.4, -0.2) is 51.8 Å². The lowest BCUT2D eigenvalue weighted by atomic mass is 10.0. The summed E-state index contributed by atoms with van der Waals surface area (Å²) in [6.07, 6.45) is 0.134. The van der Waals surface area contributed by atoms with Crippen LogP contribution in [-0.2, 0) is 4.79 Å². The maximum absolute atomic E-state index is 12.0. The molecule has 1 aliphatic heterocycles. The van der Waals surface area contributed by atoms with E-state index in [4.69, 9.17) is 5.11 Å². The first kappa shape index (κ1) is 14.8. The van der Waals surface area contributed by atoms with Crippen molar-refractivity contribution >= 4 is 12.0 Å². The van der Waals surface area contributed by atoms with Gasteiger partial charge in [0.2, 0.25) is 0 Å². The predicted octanol–water partition coefficient (Wildman–Crippen LogP) is 0.650. The summed E-state index contributed by atoms with van der Waals surface area (Å²) in [5.41, 5.74) is 0. The Morgan fingerprint density at radius 2 is 2.06 bits per heavy atom. The summed E-state index contributed by atoms with van der Waals surface area (Å²) in [5, 5.41) is 21.3. The van der Waals surface area contributed by atoms with E-state index in [2.05, 4.69) is 5.32 Å². The molecule has 1 heterocycles. The van der Waals surface area contributed by atoms with Crippen molar-refractivity contribution in [1.29, 1.82) is 0 Å². The van der Waals surface area contributed by atoms with Crippen LogP contribution in [0.15, 0.2) is 0 Å². The largest absolute Gasteiger partial charge is 0.480 e. The molecule has 2 amide bonds. The summed E-state index contributed by atoms with van der Waals surface area (Å²) in [7, 11) is 0.